The molecular weight excluding hydrogens is 317 g/mol. The van der Waals surface area contributed by atoms with Gasteiger partial charge in [0, 0.05) is 17.3 Å². The quantitative estimate of drug-likeness (QED) is 0.820. The molecule has 0 fully saturated rings. The van der Waals surface area contributed by atoms with Gasteiger partial charge in [0.05, 0.1) is 4.47 Å². The number of halogens is 3. The van der Waals surface area contributed by atoms with Gasteiger partial charge in [0.25, 0.3) is 0 Å². The number of nitrogens with one attached hydrogen (secondary N) is 1. The van der Waals surface area contributed by atoms with E-state index in [4.69, 9.17) is 11.6 Å². The van der Waals surface area contributed by atoms with Crippen LogP contribution in [0.15, 0.2) is 40.9 Å². The molecule has 0 aliphatic rings. The van der Waals surface area contributed by atoms with Crippen LogP contribution in [0.25, 0.3) is 0 Å². The van der Waals surface area contributed by atoms with Crippen LogP contribution in [-0.4, -0.2) is 0 Å². The molecule has 4 heteroatoms. The third-order valence-electron chi connectivity index (χ3n) is 2.65. The van der Waals surface area contributed by atoms with Crippen molar-refractivity contribution in [2.45, 2.75) is 13.5 Å². The standard InChI is InChI=1S/C14H12BrClFN/c1-9-2-3-10(6-13(9)16)8-18-11-4-5-14(17)12(15)7-11/h2-7,18H,8H2,1H3. The lowest BCUT2D eigenvalue weighted by molar-refractivity contribution is 0.621. The summed E-state index contributed by atoms with van der Waals surface area (Å²) in [7, 11) is 0. The summed E-state index contributed by atoms with van der Waals surface area (Å²) in [5.41, 5.74) is 3.01. The predicted molar refractivity (Wildman–Crippen MR) is 77.6 cm³/mol. The molecule has 0 saturated heterocycles. The molecular formula is C14H12BrClFN. The van der Waals surface area contributed by atoms with Gasteiger partial charge in [0.1, 0.15) is 5.82 Å². The van der Waals surface area contributed by atoms with Crippen molar-refractivity contribution in [3.8, 4) is 0 Å². The molecule has 0 unspecified atom stereocenters. The Kier molecular flexibility index (Phi) is 4.25. The average molecular weight is 329 g/mol. The first-order valence-electron chi connectivity index (χ1n) is 5.50. The Hall–Kier alpha value is -1.06. The minimum Gasteiger partial charge on any atom is -0.381 e. The first kappa shape index (κ1) is 13.4. The Labute approximate surface area is 119 Å². The normalized spacial score (nSPS) is 10.4. The van der Waals surface area contributed by atoms with Crippen LogP contribution in [0.2, 0.25) is 5.02 Å². The molecule has 1 N–H and O–H groups in total. The van der Waals surface area contributed by atoms with Crippen molar-refractivity contribution in [3.05, 3.63) is 62.8 Å². The zero-order valence-electron chi connectivity index (χ0n) is 9.81. The maximum absolute atomic E-state index is 13.1. The van der Waals surface area contributed by atoms with Crippen LogP contribution in [-0.2, 0) is 6.54 Å². The van der Waals surface area contributed by atoms with Gasteiger partial charge in [-0.3, -0.25) is 0 Å². The van der Waals surface area contributed by atoms with E-state index in [0.717, 1.165) is 21.8 Å². The van der Waals surface area contributed by atoms with Gasteiger partial charge in [-0.2, -0.15) is 0 Å². The Bertz CT molecular complexity index is 520. The SMILES string of the molecule is Cc1ccc(CNc2ccc(F)c(Br)c2)cc1Cl. The Morgan fingerprint density at radius 1 is 1.22 bits per heavy atom. The van der Waals surface area contributed by atoms with Gasteiger partial charge in [0.2, 0.25) is 0 Å². The topological polar surface area (TPSA) is 12.0 Å². The highest BCUT2D eigenvalue weighted by atomic mass is 79.9. The molecule has 0 aliphatic carbocycles. The second kappa shape index (κ2) is 5.72. The maximum atomic E-state index is 13.1. The molecule has 0 saturated carbocycles. The number of hydrogen-bond donors (Lipinski definition) is 1. The number of hydrogen-bond acceptors (Lipinski definition) is 1. The summed E-state index contributed by atoms with van der Waals surface area (Å²) in [5.74, 6) is -0.265. The van der Waals surface area contributed by atoms with Crippen molar-refractivity contribution in [1.82, 2.24) is 0 Å². The average Bonchev–Trinajstić information content (AvgIpc) is 2.35. The third kappa shape index (κ3) is 3.24. The van der Waals surface area contributed by atoms with Gasteiger partial charge in [-0.1, -0.05) is 23.7 Å². The molecule has 0 amide bonds. The minimum absolute atomic E-state index is 0.265. The smallest absolute Gasteiger partial charge is 0.137 e. The number of rotatable bonds is 3. The van der Waals surface area contributed by atoms with Crippen LogP contribution in [0.4, 0.5) is 10.1 Å². The third-order valence-corrected chi connectivity index (χ3v) is 3.67. The largest absolute Gasteiger partial charge is 0.381 e. The number of benzene rings is 2. The highest BCUT2D eigenvalue weighted by molar-refractivity contribution is 9.10. The van der Waals surface area contributed by atoms with Crippen LogP contribution in [0.5, 0.6) is 0 Å². The lowest BCUT2D eigenvalue weighted by Gasteiger charge is -2.08. The fourth-order valence-corrected chi connectivity index (χ4v) is 2.14. The van der Waals surface area contributed by atoms with E-state index in [2.05, 4.69) is 21.2 Å². The summed E-state index contributed by atoms with van der Waals surface area (Å²) in [4.78, 5) is 0. The van der Waals surface area contributed by atoms with Gasteiger partial charge in [-0.05, 0) is 58.2 Å². The predicted octanol–water partition coefficient (Wildman–Crippen LogP) is 5.16. The molecule has 0 radical (unpaired) electrons. The van der Waals surface area contributed by atoms with Crippen molar-refractivity contribution < 1.29 is 4.39 Å². The number of aryl methyl sites for hydroxylation is 1. The molecule has 0 atom stereocenters. The van der Waals surface area contributed by atoms with Crippen LogP contribution in [0, 0.1) is 12.7 Å². The Morgan fingerprint density at radius 2 is 2.00 bits per heavy atom. The van der Waals surface area contributed by atoms with Crippen molar-refractivity contribution in [2.75, 3.05) is 5.32 Å². The van der Waals surface area contributed by atoms with E-state index in [1.165, 1.54) is 6.07 Å². The van der Waals surface area contributed by atoms with Gasteiger partial charge < -0.3 is 5.32 Å². The van der Waals surface area contributed by atoms with Crippen molar-refractivity contribution in [2.24, 2.45) is 0 Å². The molecule has 0 heterocycles. The van der Waals surface area contributed by atoms with Crippen LogP contribution < -0.4 is 5.32 Å². The second-order valence-electron chi connectivity index (χ2n) is 4.07. The molecule has 2 aromatic carbocycles. The van der Waals surface area contributed by atoms with E-state index in [9.17, 15) is 4.39 Å². The van der Waals surface area contributed by atoms with Crippen LogP contribution in [0.1, 0.15) is 11.1 Å². The van der Waals surface area contributed by atoms with Crippen LogP contribution >= 0.6 is 27.5 Å². The molecule has 94 valence electrons. The fraction of sp³-hybridized carbons (Fsp3) is 0.143. The molecule has 1 nitrogen and oxygen atoms in total. The van der Waals surface area contributed by atoms with E-state index in [-0.39, 0.29) is 5.82 Å². The molecule has 0 aliphatic heterocycles. The first-order chi connectivity index (χ1) is 8.56. The molecule has 2 aromatic rings. The Morgan fingerprint density at radius 3 is 2.67 bits per heavy atom. The summed E-state index contributed by atoms with van der Waals surface area (Å²) in [6.07, 6.45) is 0. The summed E-state index contributed by atoms with van der Waals surface area (Å²) >= 11 is 9.21. The summed E-state index contributed by atoms with van der Waals surface area (Å²) in [6, 6.07) is 10.8. The van der Waals surface area contributed by atoms with E-state index in [1.54, 1.807) is 12.1 Å². The monoisotopic (exact) mass is 327 g/mol. The maximum Gasteiger partial charge on any atom is 0.137 e. The molecule has 18 heavy (non-hydrogen) atoms. The zero-order chi connectivity index (χ0) is 13.1. The molecule has 0 aromatic heterocycles. The van der Waals surface area contributed by atoms with Gasteiger partial charge in [0.15, 0.2) is 0 Å². The Balaban J connectivity index is 2.06. The van der Waals surface area contributed by atoms with Crippen LogP contribution in [0.3, 0.4) is 0 Å². The van der Waals surface area contributed by atoms with E-state index in [0.29, 0.717) is 11.0 Å². The van der Waals surface area contributed by atoms with Gasteiger partial charge in [-0.25, -0.2) is 4.39 Å². The summed E-state index contributed by atoms with van der Waals surface area (Å²) in [6.45, 7) is 2.62. The zero-order valence-corrected chi connectivity index (χ0v) is 12.1. The van der Waals surface area contributed by atoms with Crippen molar-refractivity contribution in [3.63, 3.8) is 0 Å². The molecule has 0 spiro atoms. The van der Waals surface area contributed by atoms with Gasteiger partial charge in [-0.15, -0.1) is 0 Å². The number of anilines is 1. The summed E-state index contributed by atoms with van der Waals surface area (Å²) < 4.78 is 13.5. The highest BCUT2D eigenvalue weighted by Gasteiger charge is 2.01. The van der Waals surface area contributed by atoms with E-state index in [1.807, 2.05) is 25.1 Å². The first-order valence-corrected chi connectivity index (χ1v) is 6.67. The summed E-state index contributed by atoms with van der Waals surface area (Å²) in [5, 5.41) is 3.98. The molecule has 0 bridgehead atoms. The van der Waals surface area contributed by atoms with Gasteiger partial charge >= 0.3 is 0 Å². The molecule has 2 rings (SSSR count). The lowest BCUT2D eigenvalue weighted by atomic mass is 10.1. The van der Waals surface area contributed by atoms with Crippen molar-refractivity contribution >= 4 is 33.2 Å². The lowest BCUT2D eigenvalue weighted by Crippen LogP contribution is -1.99. The fourth-order valence-electron chi connectivity index (χ4n) is 1.56. The van der Waals surface area contributed by atoms with E-state index < -0.39 is 0 Å². The van der Waals surface area contributed by atoms with E-state index >= 15 is 0 Å². The second-order valence-corrected chi connectivity index (χ2v) is 5.33. The highest BCUT2D eigenvalue weighted by Crippen LogP contribution is 2.21. The van der Waals surface area contributed by atoms with Crippen molar-refractivity contribution in [1.29, 1.82) is 0 Å². The minimum atomic E-state index is -0.265.